The van der Waals surface area contributed by atoms with E-state index in [1.807, 2.05) is 6.07 Å². The first kappa shape index (κ1) is 11.4. The van der Waals surface area contributed by atoms with Crippen molar-refractivity contribution in [2.75, 3.05) is 12.3 Å². The zero-order valence-electron chi connectivity index (χ0n) is 8.39. The van der Waals surface area contributed by atoms with Crippen LogP contribution in [0, 0.1) is 0 Å². The molecule has 15 heavy (non-hydrogen) atoms. The molecule has 1 atom stereocenters. The van der Waals surface area contributed by atoms with Crippen molar-refractivity contribution in [1.29, 1.82) is 0 Å². The van der Waals surface area contributed by atoms with Gasteiger partial charge >= 0.3 is 0 Å². The maximum atomic E-state index is 6.07. The Hall–Kier alpha value is -0.0600. The number of nitrogens with two attached hydrogens (primary N) is 1. The van der Waals surface area contributed by atoms with Gasteiger partial charge in [-0.2, -0.15) is 0 Å². The second kappa shape index (κ2) is 4.85. The van der Waals surface area contributed by atoms with Crippen LogP contribution in [0.4, 0.5) is 5.69 Å². The van der Waals surface area contributed by atoms with Gasteiger partial charge < -0.3 is 11.1 Å². The summed E-state index contributed by atoms with van der Waals surface area (Å²) in [4.78, 5) is 0. The molecule has 0 unspecified atom stereocenters. The first-order chi connectivity index (χ1) is 7.18. The van der Waals surface area contributed by atoms with E-state index in [4.69, 9.17) is 5.73 Å². The number of piperidine rings is 1. The Labute approximate surface area is 107 Å². The monoisotopic (exact) mass is 332 g/mol. The van der Waals surface area contributed by atoms with Gasteiger partial charge in [-0.25, -0.2) is 0 Å². The number of hydrogen-bond acceptors (Lipinski definition) is 2. The summed E-state index contributed by atoms with van der Waals surface area (Å²) >= 11 is 6.98. The number of nitrogens with one attached hydrogen (secondary N) is 1. The van der Waals surface area contributed by atoms with Crippen molar-refractivity contribution in [2.24, 2.45) is 0 Å². The van der Waals surface area contributed by atoms with E-state index in [0.717, 1.165) is 21.2 Å². The molecule has 82 valence electrons. The number of nitrogen functional groups attached to an aromatic ring is 1. The van der Waals surface area contributed by atoms with Crippen molar-refractivity contribution >= 4 is 37.5 Å². The van der Waals surface area contributed by atoms with E-state index in [9.17, 15) is 0 Å². The molecule has 0 aliphatic carbocycles. The highest BCUT2D eigenvalue weighted by atomic mass is 79.9. The predicted octanol–water partition coefficient (Wildman–Crippen LogP) is 3.61. The van der Waals surface area contributed by atoms with E-state index < -0.39 is 0 Å². The van der Waals surface area contributed by atoms with Crippen LogP contribution in [0.25, 0.3) is 0 Å². The zero-order chi connectivity index (χ0) is 10.8. The lowest BCUT2D eigenvalue weighted by Crippen LogP contribution is -2.27. The van der Waals surface area contributed by atoms with Crippen LogP contribution in [-0.4, -0.2) is 6.54 Å². The first-order valence-electron chi connectivity index (χ1n) is 5.16. The minimum atomic E-state index is 0.410. The van der Waals surface area contributed by atoms with Crippen LogP contribution in [0.2, 0.25) is 0 Å². The summed E-state index contributed by atoms with van der Waals surface area (Å²) in [5.74, 6) is 0. The van der Waals surface area contributed by atoms with Gasteiger partial charge in [0.05, 0.1) is 5.69 Å². The van der Waals surface area contributed by atoms with E-state index in [-0.39, 0.29) is 0 Å². The average Bonchev–Trinajstić information content (AvgIpc) is 2.24. The van der Waals surface area contributed by atoms with Gasteiger partial charge in [-0.05, 0) is 53.0 Å². The number of anilines is 1. The minimum absolute atomic E-state index is 0.410. The quantitative estimate of drug-likeness (QED) is 0.770. The first-order valence-corrected chi connectivity index (χ1v) is 6.75. The Kier molecular flexibility index (Phi) is 3.69. The Morgan fingerprint density at radius 3 is 2.73 bits per heavy atom. The van der Waals surface area contributed by atoms with Crippen LogP contribution in [0.5, 0.6) is 0 Å². The molecule has 0 saturated carbocycles. The third kappa shape index (κ3) is 2.55. The Morgan fingerprint density at radius 1 is 1.27 bits per heavy atom. The van der Waals surface area contributed by atoms with Gasteiger partial charge in [-0.1, -0.05) is 22.4 Å². The molecule has 0 aromatic heterocycles. The normalized spacial score (nSPS) is 21.6. The summed E-state index contributed by atoms with van der Waals surface area (Å²) in [7, 11) is 0. The maximum absolute atomic E-state index is 6.07. The standard InChI is InChI=1S/C11H14Br2N2/c12-7-5-8(11(14)9(13)6-7)10-3-1-2-4-15-10/h5-6,10,15H,1-4,14H2/t10-/m0/s1. The van der Waals surface area contributed by atoms with Gasteiger partial charge in [0.1, 0.15) is 0 Å². The predicted molar refractivity (Wildman–Crippen MR) is 70.8 cm³/mol. The Morgan fingerprint density at radius 2 is 2.07 bits per heavy atom. The number of halogens is 2. The van der Waals surface area contributed by atoms with Gasteiger partial charge in [-0.3, -0.25) is 0 Å². The smallest absolute Gasteiger partial charge is 0.0507 e. The lowest BCUT2D eigenvalue weighted by atomic mass is 9.96. The van der Waals surface area contributed by atoms with E-state index in [2.05, 4.69) is 43.2 Å². The molecule has 0 bridgehead atoms. The molecule has 2 nitrogen and oxygen atoms in total. The van der Waals surface area contributed by atoms with Crippen LogP contribution in [0.15, 0.2) is 21.1 Å². The van der Waals surface area contributed by atoms with Crippen molar-refractivity contribution in [3.8, 4) is 0 Å². The van der Waals surface area contributed by atoms with Crippen LogP contribution in [0.3, 0.4) is 0 Å². The average molecular weight is 334 g/mol. The second-order valence-electron chi connectivity index (χ2n) is 3.89. The van der Waals surface area contributed by atoms with Crippen LogP contribution >= 0.6 is 31.9 Å². The van der Waals surface area contributed by atoms with E-state index in [1.54, 1.807) is 0 Å². The SMILES string of the molecule is Nc1c(Br)cc(Br)cc1[C@@H]1CCCCN1. The largest absolute Gasteiger partial charge is 0.398 e. The van der Waals surface area contributed by atoms with Crippen LogP contribution in [0.1, 0.15) is 30.9 Å². The fraction of sp³-hybridized carbons (Fsp3) is 0.455. The van der Waals surface area contributed by atoms with Crippen molar-refractivity contribution in [2.45, 2.75) is 25.3 Å². The third-order valence-corrected chi connectivity index (χ3v) is 3.93. The maximum Gasteiger partial charge on any atom is 0.0507 e. The molecule has 0 radical (unpaired) electrons. The number of benzene rings is 1. The lowest BCUT2D eigenvalue weighted by Gasteiger charge is -2.25. The summed E-state index contributed by atoms with van der Waals surface area (Å²) in [5.41, 5.74) is 8.14. The Bertz CT molecular complexity index is 360. The molecule has 0 spiro atoms. The van der Waals surface area contributed by atoms with Gasteiger partial charge in [0.15, 0.2) is 0 Å². The lowest BCUT2D eigenvalue weighted by molar-refractivity contribution is 0.413. The van der Waals surface area contributed by atoms with Gasteiger partial charge in [-0.15, -0.1) is 0 Å². The molecular weight excluding hydrogens is 320 g/mol. The summed E-state index contributed by atoms with van der Waals surface area (Å²) in [6, 6.07) is 4.51. The molecule has 1 heterocycles. The number of rotatable bonds is 1. The molecule has 1 aromatic carbocycles. The molecule has 3 N–H and O–H groups in total. The van der Waals surface area contributed by atoms with Gasteiger partial charge in [0.2, 0.25) is 0 Å². The van der Waals surface area contributed by atoms with Gasteiger partial charge in [0.25, 0.3) is 0 Å². The Balaban J connectivity index is 2.33. The molecule has 1 saturated heterocycles. The second-order valence-corrected chi connectivity index (χ2v) is 5.66. The van der Waals surface area contributed by atoms with Crippen molar-refractivity contribution < 1.29 is 0 Å². The molecule has 1 fully saturated rings. The minimum Gasteiger partial charge on any atom is -0.398 e. The topological polar surface area (TPSA) is 38.0 Å². The summed E-state index contributed by atoms with van der Waals surface area (Å²) < 4.78 is 2.05. The van der Waals surface area contributed by atoms with E-state index >= 15 is 0 Å². The molecule has 2 rings (SSSR count). The highest BCUT2D eigenvalue weighted by Gasteiger charge is 2.18. The highest BCUT2D eigenvalue weighted by molar-refractivity contribution is 9.11. The number of hydrogen-bond donors (Lipinski definition) is 2. The van der Waals surface area contributed by atoms with E-state index in [0.29, 0.717) is 6.04 Å². The fourth-order valence-electron chi connectivity index (χ4n) is 2.01. The molecule has 0 amide bonds. The summed E-state index contributed by atoms with van der Waals surface area (Å²) in [6.07, 6.45) is 3.72. The zero-order valence-corrected chi connectivity index (χ0v) is 11.6. The molecule has 1 aromatic rings. The van der Waals surface area contributed by atoms with E-state index in [1.165, 1.54) is 24.8 Å². The van der Waals surface area contributed by atoms with Gasteiger partial charge in [0, 0.05) is 15.0 Å². The van der Waals surface area contributed by atoms with Crippen molar-refractivity contribution in [1.82, 2.24) is 5.32 Å². The molecule has 1 aliphatic heterocycles. The highest BCUT2D eigenvalue weighted by Crippen LogP contribution is 2.34. The summed E-state index contributed by atoms with van der Waals surface area (Å²) in [6.45, 7) is 1.09. The van der Waals surface area contributed by atoms with Crippen LogP contribution in [-0.2, 0) is 0 Å². The molecule has 4 heteroatoms. The molecule has 1 aliphatic rings. The van der Waals surface area contributed by atoms with Crippen LogP contribution < -0.4 is 11.1 Å². The van der Waals surface area contributed by atoms with Crippen molar-refractivity contribution in [3.63, 3.8) is 0 Å². The third-order valence-electron chi connectivity index (χ3n) is 2.81. The summed E-state index contributed by atoms with van der Waals surface area (Å²) in [5, 5.41) is 3.51. The fourth-order valence-corrected chi connectivity index (χ4v) is 3.27. The molecular formula is C11H14Br2N2. The van der Waals surface area contributed by atoms with Crippen molar-refractivity contribution in [3.05, 3.63) is 26.6 Å².